The molecule has 4 aliphatic rings. The Morgan fingerprint density at radius 1 is 0.718 bits per heavy atom. The second-order valence-electron chi connectivity index (χ2n) is 10.5. The summed E-state index contributed by atoms with van der Waals surface area (Å²) in [5.41, 5.74) is 13.7. The third-order valence-electron chi connectivity index (χ3n) is 8.57. The number of halogens is 1. The fourth-order valence-electron chi connectivity index (χ4n) is 5.39. The van der Waals surface area contributed by atoms with Crippen molar-refractivity contribution in [2.24, 2.45) is 20.4 Å². The van der Waals surface area contributed by atoms with Crippen LogP contribution in [-0.2, 0) is 26.8 Å². The Bertz CT molecular complexity index is 1600. The summed E-state index contributed by atoms with van der Waals surface area (Å²) in [6, 6.07) is 0. The zero-order valence-corrected chi connectivity index (χ0v) is 28.1. The first-order chi connectivity index (χ1) is 18.4. The van der Waals surface area contributed by atoms with Gasteiger partial charge in [0.1, 0.15) is 5.41 Å². The van der Waals surface area contributed by atoms with Crippen molar-refractivity contribution in [3.8, 4) is 0 Å². The summed E-state index contributed by atoms with van der Waals surface area (Å²) in [4.78, 5) is 33.5. The van der Waals surface area contributed by atoms with E-state index in [1.807, 2.05) is 46.8 Å². The maximum atomic E-state index is 13.5. The molecule has 1 aromatic rings. The van der Waals surface area contributed by atoms with Gasteiger partial charge in [0, 0.05) is 0 Å². The Morgan fingerprint density at radius 2 is 1.13 bits per heavy atom. The summed E-state index contributed by atoms with van der Waals surface area (Å²) >= 11 is 0.847. The minimum atomic E-state index is -1.17. The van der Waals surface area contributed by atoms with Gasteiger partial charge in [-0.2, -0.15) is 0 Å². The van der Waals surface area contributed by atoms with E-state index in [9.17, 15) is 4.79 Å². The van der Waals surface area contributed by atoms with Crippen LogP contribution in [0.15, 0.2) is 71.6 Å². The second kappa shape index (κ2) is 10.6. The first-order valence-corrected chi connectivity index (χ1v) is 16.8. The molecule has 0 saturated heterocycles. The number of hydrogen-bond acceptors (Lipinski definition) is 5. The van der Waals surface area contributed by atoms with Crippen LogP contribution in [0.3, 0.4) is 0 Å². The number of methoxy groups -OCH3 is 1. The van der Waals surface area contributed by atoms with Crippen LogP contribution < -0.4 is 4.98 Å². The summed E-state index contributed by atoms with van der Waals surface area (Å²) in [7, 11) is 6.18. The number of nitrogens with zero attached hydrogens (tertiary/aromatic N) is 4. The first-order valence-electron chi connectivity index (χ1n) is 12.9. The van der Waals surface area contributed by atoms with Gasteiger partial charge < -0.3 is 9.72 Å². The normalized spacial score (nSPS) is 26.2. The molecule has 0 saturated carbocycles. The molecule has 1 aromatic heterocycles. The van der Waals surface area contributed by atoms with Crippen molar-refractivity contribution in [3.63, 3.8) is 0 Å². The molecule has 5 heterocycles. The Hall–Kier alpha value is -2.89. The molecule has 1 unspecified atom stereocenters. The van der Waals surface area contributed by atoms with E-state index in [-0.39, 0.29) is 5.97 Å². The van der Waals surface area contributed by atoms with Gasteiger partial charge in [-0.15, -0.1) is 11.4 Å². The van der Waals surface area contributed by atoms with Crippen LogP contribution >= 0.6 is 9.69 Å². The van der Waals surface area contributed by atoms with Crippen molar-refractivity contribution in [1.29, 1.82) is 0 Å². The van der Waals surface area contributed by atoms with Crippen LogP contribution in [0.2, 0.25) is 0 Å². The predicted octanol–water partition coefficient (Wildman–Crippen LogP) is 7.08. The molecular formula is C31H33ClN4O2Zn. The standard InChI is InChI=1S/C31H33N4O2.ClH.Zn/c1-14-16(3)24-12-26-18(5)20(7)28(34-26)31(9,30(36)37-10)29-21(8)19(6)27(35-29)13-25-17(4)15(2)23(33-25)11-22(14)32-24;;/h11-13H,1-10H3;1H;/q-1;;+2/p-1. The van der Waals surface area contributed by atoms with Crippen molar-refractivity contribution in [1.82, 2.24) is 4.98 Å². The van der Waals surface area contributed by atoms with Gasteiger partial charge in [-0.1, -0.05) is 23.3 Å². The number of aliphatic imine (C=N–C) groups is 3. The first kappa shape index (κ1) is 29.1. The summed E-state index contributed by atoms with van der Waals surface area (Å²) in [5.74, 6) is -0.385. The number of fused-ring (bicyclic) bond motifs is 5. The van der Waals surface area contributed by atoms with E-state index in [1.165, 1.54) is 7.11 Å². The fraction of sp³-hybridized carbons (Fsp3) is 0.355. The summed E-state index contributed by atoms with van der Waals surface area (Å²) in [5, 5.41) is 0. The van der Waals surface area contributed by atoms with Crippen molar-refractivity contribution >= 4 is 44.9 Å². The molecule has 8 heteroatoms. The Balaban J connectivity index is 0.00000172. The van der Waals surface area contributed by atoms with Crippen LogP contribution in [0, 0.1) is 19.3 Å². The monoisotopic (exact) mass is 592 g/mol. The van der Waals surface area contributed by atoms with E-state index in [0.717, 1.165) is 96.1 Å². The van der Waals surface area contributed by atoms with Gasteiger partial charge in [-0.3, -0.25) is 14.8 Å². The summed E-state index contributed by atoms with van der Waals surface area (Å²) in [6.45, 7) is 18.3. The second-order valence-corrected chi connectivity index (χ2v) is 10.5. The number of esters is 1. The zero-order chi connectivity index (χ0) is 29.0. The number of rotatable bonds is 1. The van der Waals surface area contributed by atoms with E-state index in [2.05, 4.69) is 33.8 Å². The number of hydrogen-bond donors (Lipinski definition) is 0. The van der Waals surface area contributed by atoms with Crippen molar-refractivity contribution in [2.45, 2.75) is 62.3 Å². The van der Waals surface area contributed by atoms with Gasteiger partial charge >= 0.3 is 33.0 Å². The van der Waals surface area contributed by atoms with E-state index in [1.54, 1.807) is 0 Å². The maximum absolute atomic E-state index is 13.5. The fourth-order valence-corrected chi connectivity index (χ4v) is 5.39. The number of allylic oxidation sites excluding steroid dienone is 7. The molecule has 39 heavy (non-hydrogen) atoms. The van der Waals surface area contributed by atoms with Gasteiger partial charge in [0.05, 0.1) is 41.3 Å². The van der Waals surface area contributed by atoms with E-state index in [4.69, 9.17) is 34.4 Å². The molecule has 198 valence electrons. The molecule has 1 atom stereocenters. The number of ether oxygens (including phenoxy) is 1. The molecule has 8 bridgehead atoms. The van der Waals surface area contributed by atoms with Gasteiger partial charge in [0.15, 0.2) is 0 Å². The van der Waals surface area contributed by atoms with Gasteiger partial charge in [-0.25, -0.2) is 4.99 Å². The van der Waals surface area contributed by atoms with E-state index in [0.29, 0.717) is 11.4 Å². The minimum absolute atomic E-state index is 0.385. The van der Waals surface area contributed by atoms with E-state index >= 15 is 0 Å². The van der Waals surface area contributed by atoms with Crippen LogP contribution in [0.1, 0.15) is 71.0 Å². The quantitative estimate of drug-likeness (QED) is 0.258. The van der Waals surface area contributed by atoms with Gasteiger partial charge in [-0.05, 0) is 102 Å². The van der Waals surface area contributed by atoms with Crippen molar-refractivity contribution < 1.29 is 26.8 Å². The molecule has 0 fully saturated rings. The molecule has 0 spiro atoms. The van der Waals surface area contributed by atoms with Gasteiger partial charge in [0.2, 0.25) is 0 Å². The van der Waals surface area contributed by atoms with Gasteiger partial charge in [0.25, 0.3) is 0 Å². The van der Waals surface area contributed by atoms with Crippen LogP contribution in [0.5, 0.6) is 0 Å². The Morgan fingerprint density at radius 3 is 1.59 bits per heavy atom. The zero-order valence-electron chi connectivity index (χ0n) is 24.4. The van der Waals surface area contributed by atoms with E-state index < -0.39 is 5.41 Å². The molecule has 6 nitrogen and oxygen atoms in total. The third kappa shape index (κ3) is 4.44. The molecule has 0 aliphatic carbocycles. The SMILES string of the molecule is COC(=O)C1(C)C2=N/C(=C\C3=NC(=C\c4[n-]c(c(C)c4C)/C=C4\N=C1C(C)=C4C)/C(C)=C3C)C(C)=C2C.[Cl][Zn+]. The Labute approximate surface area is 244 Å². The van der Waals surface area contributed by atoms with Crippen molar-refractivity contribution in [3.05, 3.63) is 79.1 Å². The third-order valence-corrected chi connectivity index (χ3v) is 8.57. The van der Waals surface area contributed by atoms with Crippen molar-refractivity contribution in [2.75, 3.05) is 7.11 Å². The van der Waals surface area contributed by atoms with Crippen LogP contribution in [-0.4, -0.2) is 30.2 Å². The number of carbonyl (C=O) groups excluding carboxylic acids is 1. The average molecular weight is 594 g/mol. The predicted molar refractivity (Wildman–Crippen MR) is 157 cm³/mol. The molecule has 4 aliphatic heterocycles. The topological polar surface area (TPSA) is 77.5 Å². The number of aromatic nitrogens is 1. The summed E-state index contributed by atoms with van der Waals surface area (Å²) in [6.07, 6.45) is 6.11. The molecule has 0 radical (unpaired) electrons. The Kier molecular flexibility index (Phi) is 7.90. The molecule has 0 N–H and O–H groups in total. The number of carbonyl (C=O) groups is 1. The average Bonchev–Trinajstić information content (AvgIpc) is 3.57. The molecule has 5 rings (SSSR count). The van der Waals surface area contributed by atoms with Crippen LogP contribution in [0.25, 0.3) is 12.2 Å². The molecule has 0 aromatic carbocycles. The summed E-state index contributed by atoms with van der Waals surface area (Å²) < 4.78 is 5.37. The van der Waals surface area contributed by atoms with Crippen LogP contribution in [0.4, 0.5) is 0 Å². The molecule has 0 amide bonds. The molecular weight excluding hydrogens is 561 g/mol.